The summed E-state index contributed by atoms with van der Waals surface area (Å²) in [5, 5.41) is 0. The van der Waals surface area contributed by atoms with Gasteiger partial charge < -0.3 is 5.73 Å². The molecule has 88 valence electrons. The van der Waals surface area contributed by atoms with Crippen LogP contribution in [0.4, 0.5) is 0 Å². The molecule has 0 aliphatic heterocycles. The topological polar surface area (TPSA) is 43.1 Å². The SMILES string of the molecule is CC(C)(C)CCC(=O)C1(C)CCCC1N. The molecule has 2 N–H and O–H groups in total. The Bertz CT molecular complexity index is 241. The molecule has 2 heteroatoms. The fourth-order valence-corrected chi connectivity index (χ4v) is 2.31. The minimum Gasteiger partial charge on any atom is -0.327 e. The van der Waals surface area contributed by atoms with E-state index in [1.807, 2.05) is 0 Å². The van der Waals surface area contributed by atoms with Crippen LogP contribution in [0.3, 0.4) is 0 Å². The van der Waals surface area contributed by atoms with Gasteiger partial charge in [-0.05, 0) is 24.7 Å². The van der Waals surface area contributed by atoms with Gasteiger partial charge in [0.25, 0.3) is 0 Å². The first-order chi connectivity index (χ1) is 6.76. The molecule has 0 saturated heterocycles. The Morgan fingerprint density at radius 1 is 1.47 bits per heavy atom. The van der Waals surface area contributed by atoms with E-state index < -0.39 is 0 Å². The van der Waals surface area contributed by atoms with Gasteiger partial charge in [-0.1, -0.05) is 34.1 Å². The normalized spacial score (nSPS) is 31.9. The minimum absolute atomic E-state index is 0.0879. The van der Waals surface area contributed by atoms with Crippen LogP contribution in [0.15, 0.2) is 0 Å². The lowest BCUT2D eigenvalue weighted by Gasteiger charge is -2.28. The molecule has 0 aromatic rings. The van der Waals surface area contributed by atoms with Crippen LogP contribution in [0.2, 0.25) is 0 Å². The van der Waals surface area contributed by atoms with Crippen molar-refractivity contribution in [1.29, 1.82) is 0 Å². The molecular formula is C13H25NO. The van der Waals surface area contributed by atoms with Gasteiger partial charge in [0.1, 0.15) is 5.78 Å². The lowest BCUT2D eigenvalue weighted by molar-refractivity contribution is -0.128. The molecular weight excluding hydrogens is 186 g/mol. The zero-order valence-corrected chi connectivity index (χ0v) is 10.6. The van der Waals surface area contributed by atoms with Crippen LogP contribution in [0.25, 0.3) is 0 Å². The number of carbonyl (C=O) groups excluding carboxylic acids is 1. The summed E-state index contributed by atoms with van der Waals surface area (Å²) in [6.45, 7) is 8.58. The number of hydrogen-bond donors (Lipinski definition) is 1. The van der Waals surface area contributed by atoms with Gasteiger partial charge in [0.2, 0.25) is 0 Å². The van der Waals surface area contributed by atoms with Gasteiger partial charge in [0.15, 0.2) is 0 Å². The second-order valence-corrected chi connectivity index (χ2v) is 6.40. The average molecular weight is 211 g/mol. The third-order valence-corrected chi connectivity index (χ3v) is 3.77. The summed E-state index contributed by atoms with van der Waals surface area (Å²) in [6.07, 6.45) is 4.76. The Kier molecular flexibility index (Phi) is 3.59. The minimum atomic E-state index is -0.231. The van der Waals surface area contributed by atoms with Crippen LogP contribution in [-0.2, 0) is 4.79 Å². The van der Waals surface area contributed by atoms with E-state index in [1.165, 1.54) is 0 Å². The number of carbonyl (C=O) groups is 1. The zero-order valence-electron chi connectivity index (χ0n) is 10.6. The first-order valence-electron chi connectivity index (χ1n) is 6.05. The largest absolute Gasteiger partial charge is 0.327 e. The Morgan fingerprint density at radius 3 is 2.47 bits per heavy atom. The number of rotatable bonds is 3. The highest BCUT2D eigenvalue weighted by Gasteiger charge is 2.42. The standard InChI is InChI=1S/C13H25NO/c1-12(2,3)9-7-11(15)13(4)8-5-6-10(13)14/h10H,5-9,14H2,1-4H3. The Hall–Kier alpha value is -0.370. The zero-order chi connectivity index (χ0) is 11.7. The van der Waals surface area contributed by atoms with Crippen LogP contribution in [-0.4, -0.2) is 11.8 Å². The maximum absolute atomic E-state index is 12.1. The fraction of sp³-hybridized carbons (Fsp3) is 0.923. The fourth-order valence-electron chi connectivity index (χ4n) is 2.31. The van der Waals surface area contributed by atoms with E-state index in [-0.39, 0.29) is 16.9 Å². The molecule has 1 fully saturated rings. The summed E-state index contributed by atoms with van der Waals surface area (Å²) >= 11 is 0. The van der Waals surface area contributed by atoms with Crippen molar-refractivity contribution in [2.45, 2.75) is 65.8 Å². The lowest BCUT2D eigenvalue weighted by atomic mass is 9.77. The Balaban J connectivity index is 2.53. The summed E-state index contributed by atoms with van der Waals surface area (Å²) in [5.74, 6) is 0.377. The highest BCUT2D eigenvalue weighted by molar-refractivity contribution is 5.85. The molecule has 0 amide bonds. The maximum Gasteiger partial charge on any atom is 0.140 e. The van der Waals surface area contributed by atoms with Gasteiger partial charge in [-0.15, -0.1) is 0 Å². The molecule has 15 heavy (non-hydrogen) atoms. The second kappa shape index (κ2) is 4.25. The maximum atomic E-state index is 12.1. The van der Waals surface area contributed by atoms with E-state index in [4.69, 9.17) is 5.73 Å². The van der Waals surface area contributed by atoms with Gasteiger partial charge in [-0.3, -0.25) is 4.79 Å². The molecule has 0 aromatic carbocycles. The predicted octanol–water partition coefficient (Wildman–Crippen LogP) is 2.90. The van der Waals surface area contributed by atoms with Gasteiger partial charge >= 0.3 is 0 Å². The molecule has 0 aromatic heterocycles. The molecule has 2 nitrogen and oxygen atoms in total. The molecule has 0 spiro atoms. The van der Waals surface area contributed by atoms with E-state index in [0.29, 0.717) is 12.2 Å². The predicted molar refractivity (Wildman–Crippen MR) is 63.6 cm³/mol. The lowest BCUT2D eigenvalue weighted by Crippen LogP contribution is -2.41. The Labute approximate surface area is 93.6 Å². The molecule has 0 heterocycles. The molecule has 2 unspecified atom stereocenters. The molecule has 0 bridgehead atoms. The highest BCUT2D eigenvalue weighted by atomic mass is 16.1. The summed E-state index contributed by atoms with van der Waals surface area (Å²) in [7, 11) is 0. The first-order valence-corrected chi connectivity index (χ1v) is 6.05. The molecule has 0 radical (unpaired) electrons. The smallest absolute Gasteiger partial charge is 0.140 e. The van der Waals surface area contributed by atoms with E-state index in [2.05, 4.69) is 27.7 Å². The second-order valence-electron chi connectivity index (χ2n) is 6.40. The number of Topliss-reactive ketones (excluding diaryl/α,β-unsaturated/α-hetero) is 1. The van der Waals surface area contributed by atoms with Gasteiger partial charge in [-0.2, -0.15) is 0 Å². The van der Waals surface area contributed by atoms with Crippen LogP contribution in [0, 0.1) is 10.8 Å². The third-order valence-electron chi connectivity index (χ3n) is 3.77. The van der Waals surface area contributed by atoms with Crippen molar-refractivity contribution in [3.63, 3.8) is 0 Å². The molecule has 1 aliphatic rings. The van der Waals surface area contributed by atoms with Gasteiger partial charge in [0.05, 0.1) is 0 Å². The van der Waals surface area contributed by atoms with Crippen LogP contribution < -0.4 is 5.73 Å². The quantitative estimate of drug-likeness (QED) is 0.780. The van der Waals surface area contributed by atoms with Crippen LogP contribution >= 0.6 is 0 Å². The number of hydrogen-bond acceptors (Lipinski definition) is 2. The van der Waals surface area contributed by atoms with Crippen LogP contribution in [0.1, 0.15) is 59.8 Å². The average Bonchev–Trinajstić information content (AvgIpc) is 2.43. The molecule has 1 saturated carbocycles. The first kappa shape index (κ1) is 12.7. The van der Waals surface area contributed by atoms with Crippen molar-refractivity contribution >= 4 is 5.78 Å². The summed E-state index contributed by atoms with van der Waals surface area (Å²) in [6, 6.07) is 0.0879. The summed E-state index contributed by atoms with van der Waals surface area (Å²) < 4.78 is 0. The summed E-state index contributed by atoms with van der Waals surface area (Å²) in [4.78, 5) is 12.1. The van der Waals surface area contributed by atoms with E-state index in [0.717, 1.165) is 25.7 Å². The van der Waals surface area contributed by atoms with Crippen molar-refractivity contribution in [2.75, 3.05) is 0 Å². The third kappa shape index (κ3) is 3.04. The molecule has 1 aliphatic carbocycles. The van der Waals surface area contributed by atoms with E-state index in [9.17, 15) is 4.79 Å². The summed E-state index contributed by atoms with van der Waals surface area (Å²) in [5.41, 5.74) is 6.05. The highest BCUT2D eigenvalue weighted by Crippen LogP contribution is 2.39. The van der Waals surface area contributed by atoms with Crippen molar-refractivity contribution < 1.29 is 4.79 Å². The van der Waals surface area contributed by atoms with Gasteiger partial charge in [-0.25, -0.2) is 0 Å². The molecule has 2 atom stereocenters. The monoisotopic (exact) mass is 211 g/mol. The number of nitrogens with two attached hydrogens (primary N) is 1. The number of ketones is 1. The van der Waals surface area contributed by atoms with Crippen molar-refractivity contribution in [1.82, 2.24) is 0 Å². The van der Waals surface area contributed by atoms with Crippen LogP contribution in [0.5, 0.6) is 0 Å². The van der Waals surface area contributed by atoms with Crippen molar-refractivity contribution in [2.24, 2.45) is 16.6 Å². The molecule has 1 rings (SSSR count). The van der Waals surface area contributed by atoms with Crippen molar-refractivity contribution in [3.05, 3.63) is 0 Å². The van der Waals surface area contributed by atoms with Crippen molar-refractivity contribution in [3.8, 4) is 0 Å². The van der Waals surface area contributed by atoms with Gasteiger partial charge in [0, 0.05) is 17.9 Å². The Morgan fingerprint density at radius 2 is 2.07 bits per heavy atom. The van der Waals surface area contributed by atoms with E-state index >= 15 is 0 Å². The van der Waals surface area contributed by atoms with E-state index in [1.54, 1.807) is 0 Å².